The second-order valence-corrected chi connectivity index (χ2v) is 7.81. The molecule has 0 atom stereocenters. The monoisotopic (exact) mass is 438 g/mol. The van der Waals surface area contributed by atoms with Crippen molar-refractivity contribution in [1.82, 2.24) is 9.88 Å². The van der Waals surface area contributed by atoms with E-state index in [0.717, 1.165) is 36.9 Å². The summed E-state index contributed by atoms with van der Waals surface area (Å²) in [5.41, 5.74) is 3.42. The first-order chi connectivity index (χ1) is 15.5. The van der Waals surface area contributed by atoms with Gasteiger partial charge < -0.3 is 19.9 Å². The molecule has 2 amide bonds. The molecule has 1 aliphatic rings. The predicted molar refractivity (Wildman–Crippen MR) is 119 cm³/mol. The van der Waals surface area contributed by atoms with Gasteiger partial charge >= 0.3 is 12.6 Å². The fourth-order valence-corrected chi connectivity index (χ4v) is 4.01. The van der Waals surface area contributed by atoms with Crippen molar-refractivity contribution in [2.75, 3.05) is 11.9 Å². The summed E-state index contributed by atoms with van der Waals surface area (Å²) in [5, 5.41) is 16.2. The number of alkyl halides is 2. The molecule has 2 N–H and O–H groups in total. The summed E-state index contributed by atoms with van der Waals surface area (Å²) in [7, 11) is 0. The fourth-order valence-electron chi connectivity index (χ4n) is 4.01. The maximum absolute atomic E-state index is 12.8. The Morgan fingerprint density at radius 2 is 2.00 bits per heavy atom. The normalized spacial score (nSPS) is 13.6. The Bertz CT molecular complexity index is 1160. The van der Waals surface area contributed by atoms with Gasteiger partial charge in [-0.3, -0.25) is 0 Å². The molecule has 32 heavy (non-hydrogen) atoms. The molecule has 166 valence electrons. The van der Waals surface area contributed by atoms with Crippen LogP contribution < -0.4 is 15.4 Å². The molecule has 1 saturated carbocycles. The maximum atomic E-state index is 12.8. The molecular weight excluding hydrogens is 414 g/mol. The number of amides is 2. The standard InChI is InChI=1S/C24H24F2N4O2/c1-2-12-28-24(31)29-16-8-6-15(7-9-16)22-20(14-27)19-11-10-18(32-23(25)26)13-21(19)30(22)17-4-3-5-17/h6-11,13,17,23H,2-5,12H2,1H3,(H2,28,29,31). The number of rotatable bonds is 7. The molecule has 0 saturated heterocycles. The molecule has 1 heterocycles. The lowest BCUT2D eigenvalue weighted by atomic mass is 9.92. The smallest absolute Gasteiger partial charge is 0.387 e. The quantitative estimate of drug-likeness (QED) is 0.472. The lowest BCUT2D eigenvalue weighted by Gasteiger charge is -2.30. The number of aromatic nitrogens is 1. The lowest BCUT2D eigenvalue weighted by molar-refractivity contribution is -0.0497. The highest BCUT2D eigenvalue weighted by molar-refractivity contribution is 5.96. The number of carbonyl (C=O) groups excluding carboxylic acids is 1. The molecule has 8 heteroatoms. The van der Waals surface area contributed by atoms with Crippen molar-refractivity contribution in [2.45, 2.75) is 45.3 Å². The van der Waals surface area contributed by atoms with Gasteiger partial charge in [0.25, 0.3) is 0 Å². The summed E-state index contributed by atoms with van der Waals surface area (Å²) >= 11 is 0. The van der Waals surface area contributed by atoms with Crippen LogP contribution in [0.2, 0.25) is 0 Å². The lowest BCUT2D eigenvalue weighted by Crippen LogP contribution is -2.29. The molecule has 6 nitrogen and oxygen atoms in total. The van der Waals surface area contributed by atoms with Crippen molar-refractivity contribution in [3.63, 3.8) is 0 Å². The summed E-state index contributed by atoms with van der Waals surface area (Å²) < 4.78 is 32.2. The predicted octanol–water partition coefficient (Wildman–Crippen LogP) is 6.04. The van der Waals surface area contributed by atoms with Crippen LogP contribution in [0.15, 0.2) is 42.5 Å². The van der Waals surface area contributed by atoms with Gasteiger partial charge in [-0.2, -0.15) is 14.0 Å². The summed E-state index contributed by atoms with van der Waals surface area (Å²) in [4.78, 5) is 11.9. The zero-order valence-corrected chi connectivity index (χ0v) is 17.7. The molecule has 0 radical (unpaired) electrons. The number of nitrogens with one attached hydrogen (secondary N) is 2. The first-order valence-electron chi connectivity index (χ1n) is 10.7. The minimum absolute atomic E-state index is 0.0688. The van der Waals surface area contributed by atoms with E-state index in [-0.39, 0.29) is 17.8 Å². The zero-order chi connectivity index (χ0) is 22.7. The van der Waals surface area contributed by atoms with E-state index in [1.54, 1.807) is 24.3 Å². The maximum Gasteiger partial charge on any atom is 0.387 e. The van der Waals surface area contributed by atoms with Gasteiger partial charge in [-0.25, -0.2) is 4.79 Å². The van der Waals surface area contributed by atoms with Crippen molar-refractivity contribution in [3.8, 4) is 23.1 Å². The molecular formula is C24H24F2N4O2. The van der Waals surface area contributed by atoms with E-state index < -0.39 is 6.61 Å². The van der Waals surface area contributed by atoms with Crippen LogP contribution >= 0.6 is 0 Å². The Morgan fingerprint density at radius 1 is 1.25 bits per heavy atom. The van der Waals surface area contributed by atoms with E-state index in [1.807, 2.05) is 19.1 Å². The Morgan fingerprint density at radius 3 is 2.59 bits per heavy atom. The summed E-state index contributed by atoms with van der Waals surface area (Å²) in [6.45, 7) is -0.344. The number of halogens is 2. The number of hydrogen-bond acceptors (Lipinski definition) is 3. The van der Waals surface area contributed by atoms with Gasteiger partial charge in [0, 0.05) is 29.7 Å². The number of nitrogens with zero attached hydrogens (tertiary/aromatic N) is 2. The van der Waals surface area contributed by atoms with Crippen molar-refractivity contribution in [2.24, 2.45) is 0 Å². The van der Waals surface area contributed by atoms with Crippen molar-refractivity contribution in [3.05, 3.63) is 48.0 Å². The van der Waals surface area contributed by atoms with Gasteiger partial charge in [0.05, 0.1) is 16.8 Å². The largest absolute Gasteiger partial charge is 0.435 e. The highest BCUT2D eigenvalue weighted by atomic mass is 19.3. The third-order valence-corrected chi connectivity index (χ3v) is 5.70. The number of urea groups is 1. The zero-order valence-electron chi connectivity index (χ0n) is 17.7. The number of benzene rings is 2. The topological polar surface area (TPSA) is 79.1 Å². The van der Waals surface area contributed by atoms with E-state index in [1.165, 1.54) is 6.07 Å². The molecule has 0 unspecified atom stereocenters. The number of anilines is 1. The fraction of sp³-hybridized carbons (Fsp3) is 0.333. The van der Waals surface area contributed by atoms with Gasteiger partial charge in [0.2, 0.25) is 0 Å². The van der Waals surface area contributed by atoms with Crippen molar-refractivity contribution >= 4 is 22.6 Å². The minimum atomic E-state index is -2.91. The minimum Gasteiger partial charge on any atom is -0.435 e. The van der Waals surface area contributed by atoms with Crippen LogP contribution in [-0.4, -0.2) is 23.8 Å². The van der Waals surface area contributed by atoms with Crippen molar-refractivity contribution < 1.29 is 18.3 Å². The van der Waals surface area contributed by atoms with Crippen LogP contribution in [0.25, 0.3) is 22.2 Å². The van der Waals surface area contributed by atoms with Gasteiger partial charge in [-0.15, -0.1) is 0 Å². The Labute approximate surface area is 184 Å². The van der Waals surface area contributed by atoms with Crippen molar-refractivity contribution in [1.29, 1.82) is 5.26 Å². The van der Waals surface area contributed by atoms with Crippen LogP contribution in [0, 0.1) is 11.3 Å². The SMILES string of the molecule is CCCNC(=O)Nc1ccc(-c2c(C#N)c3ccc(OC(F)F)cc3n2C2CCC2)cc1. The second kappa shape index (κ2) is 9.27. The average molecular weight is 438 g/mol. The van der Waals surface area contributed by atoms with Crippen LogP contribution in [0.4, 0.5) is 19.3 Å². The average Bonchev–Trinajstić information content (AvgIpc) is 3.04. The Hall–Kier alpha value is -3.60. The van der Waals surface area contributed by atoms with E-state index >= 15 is 0 Å². The van der Waals surface area contributed by atoms with Crippen LogP contribution in [0.1, 0.15) is 44.2 Å². The highest BCUT2D eigenvalue weighted by Gasteiger charge is 2.28. The van der Waals surface area contributed by atoms with Gasteiger partial charge in [-0.1, -0.05) is 19.1 Å². The summed E-state index contributed by atoms with van der Waals surface area (Å²) in [6.07, 6.45) is 3.84. The molecule has 0 spiro atoms. The third kappa shape index (κ3) is 4.24. The van der Waals surface area contributed by atoms with E-state index in [2.05, 4.69) is 26.0 Å². The highest BCUT2D eigenvalue weighted by Crippen LogP contribution is 2.43. The number of ether oxygens (including phenoxy) is 1. The Kier molecular flexibility index (Phi) is 6.26. The number of carbonyl (C=O) groups is 1. The van der Waals surface area contributed by atoms with E-state index in [0.29, 0.717) is 28.7 Å². The molecule has 3 aromatic rings. The third-order valence-electron chi connectivity index (χ3n) is 5.70. The first-order valence-corrected chi connectivity index (χ1v) is 10.7. The number of nitriles is 1. The van der Waals surface area contributed by atoms with Crippen LogP contribution in [0.5, 0.6) is 5.75 Å². The van der Waals surface area contributed by atoms with Gasteiger partial charge in [0.1, 0.15) is 11.8 Å². The molecule has 1 aliphatic carbocycles. The van der Waals surface area contributed by atoms with Gasteiger partial charge in [-0.05, 0) is 55.5 Å². The Balaban J connectivity index is 1.76. The number of hydrogen-bond donors (Lipinski definition) is 2. The van der Waals surface area contributed by atoms with Crippen LogP contribution in [-0.2, 0) is 0 Å². The van der Waals surface area contributed by atoms with E-state index in [4.69, 9.17) is 0 Å². The molecule has 0 aliphatic heterocycles. The van der Waals surface area contributed by atoms with E-state index in [9.17, 15) is 18.8 Å². The summed E-state index contributed by atoms with van der Waals surface area (Å²) in [5.74, 6) is 0.0688. The molecule has 4 rings (SSSR count). The van der Waals surface area contributed by atoms with Gasteiger partial charge in [0.15, 0.2) is 0 Å². The second-order valence-electron chi connectivity index (χ2n) is 7.81. The first kappa shape index (κ1) is 21.6. The molecule has 2 aromatic carbocycles. The van der Waals surface area contributed by atoms with Crippen LogP contribution in [0.3, 0.4) is 0 Å². The molecule has 1 aromatic heterocycles. The summed E-state index contributed by atoms with van der Waals surface area (Å²) in [6, 6.07) is 14.2. The molecule has 0 bridgehead atoms. The number of fused-ring (bicyclic) bond motifs is 1. The molecule has 1 fully saturated rings.